The molecule has 3 aliphatic rings. The lowest BCUT2D eigenvalue weighted by atomic mass is 9.70. The molecule has 0 bridgehead atoms. The molecule has 0 amide bonds. The molecule has 5 aromatic rings. The van der Waals surface area contributed by atoms with Gasteiger partial charge in [0.25, 0.3) is 0 Å². The number of nitrogens with zero attached hydrogens (tertiary/aromatic N) is 1. The summed E-state index contributed by atoms with van der Waals surface area (Å²) in [7, 11) is 0. The normalized spacial score (nSPS) is 15.4. The number of benzene rings is 5. The van der Waals surface area contributed by atoms with Gasteiger partial charge in [0.2, 0.25) is 0 Å². The van der Waals surface area contributed by atoms with Crippen LogP contribution in [-0.4, -0.2) is 0 Å². The number of hydrogen-bond donors (Lipinski definition) is 1. The number of allylic oxidation sites excluding steroid dienone is 4. The lowest BCUT2D eigenvalue weighted by Gasteiger charge is -2.31. The van der Waals surface area contributed by atoms with Crippen molar-refractivity contribution in [3.8, 4) is 22.3 Å². The smallest absolute Gasteiger partial charge is 0.0726 e. The maximum atomic E-state index is 6.99. The molecule has 0 saturated heterocycles. The number of nitrogens with two attached hydrogens (primary N) is 1. The van der Waals surface area contributed by atoms with Crippen LogP contribution in [0, 0.1) is 0 Å². The Kier molecular flexibility index (Phi) is 4.82. The van der Waals surface area contributed by atoms with Gasteiger partial charge in [-0.2, -0.15) is 0 Å². The van der Waals surface area contributed by atoms with Crippen LogP contribution in [0.3, 0.4) is 0 Å². The monoisotopic (exact) mass is 500 g/mol. The van der Waals surface area contributed by atoms with E-state index in [4.69, 9.17) is 5.84 Å². The molecule has 0 fully saturated rings. The quantitative estimate of drug-likeness (QED) is 0.194. The molecule has 1 spiro atoms. The molecule has 0 atom stereocenters. The van der Waals surface area contributed by atoms with Crippen molar-refractivity contribution in [1.82, 2.24) is 0 Å². The second kappa shape index (κ2) is 8.42. The third-order valence-corrected chi connectivity index (χ3v) is 8.78. The standard InChI is InChI=1S/C37H28N2/c38-39(36-21-11-7-14-27(36)25-12-2-1-3-13-25)26-22-23-31-30-17-6-10-20-34(30)37(35(31)24-26)32-18-8-4-15-28(32)29-16-5-9-19-33(29)37/h1-2,4-12,14-24H,3,13,38H2. The van der Waals surface area contributed by atoms with Gasteiger partial charge in [-0.1, -0.05) is 115 Å². The lowest BCUT2D eigenvalue weighted by Crippen LogP contribution is -2.28. The molecule has 0 unspecified atom stereocenters. The van der Waals surface area contributed by atoms with Gasteiger partial charge < -0.3 is 0 Å². The predicted octanol–water partition coefficient (Wildman–Crippen LogP) is 8.78. The fourth-order valence-electron chi connectivity index (χ4n) is 7.15. The molecule has 2 N–H and O–H groups in total. The zero-order valence-electron chi connectivity index (χ0n) is 21.6. The van der Waals surface area contributed by atoms with E-state index < -0.39 is 0 Å². The largest absolute Gasteiger partial charge is 0.279 e. The van der Waals surface area contributed by atoms with Crippen molar-refractivity contribution < 1.29 is 0 Å². The van der Waals surface area contributed by atoms with Gasteiger partial charge in [-0.3, -0.25) is 5.01 Å². The SMILES string of the molecule is NN(c1ccc2c(c1)C1(c3ccccc3-c3ccccc31)c1ccccc1-2)c1ccccc1C1=CC=CCC1. The number of para-hydroxylation sites is 1. The molecular weight excluding hydrogens is 472 g/mol. The maximum absolute atomic E-state index is 6.99. The van der Waals surface area contributed by atoms with Crippen LogP contribution in [0.5, 0.6) is 0 Å². The Morgan fingerprint density at radius 3 is 1.69 bits per heavy atom. The van der Waals surface area contributed by atoms with Crippen molar-refractivity contribution in [2.24, 2.45) is 5.84 Å². The van der Waals surface area contributed by atoms with E-state index in [1.54, 1.807) is 0 Å². The molecule has 0 aliphatic heterocycles. The van der Waals surface area contributed by atoms with Gasteiger partial charge in [-0.05, 0) is 81.1 Å². The van der Waals surface area contributed by atoms with Gasteiger partial charge in [0, 0.05) is 5.56 Å². The number of anilines is 2. The summed E-state index contributed by atoms with van der Waals surface area (Å²) < 4.78 is 0. The Labute approximate surface area is 229 Å². The molecule has 0 heterocycles. The summed E-state index contributed by atoms with van der Waals surface area (Å²) in [6, 6.07) is 42.0. The van der Waals surface area contributed by atoms with Crippen LogP contribution in [0.2, 0.25) is 0 Å². The minimum atomic E-state index is -0.369. The molecule has 39 heavy (non-hydrogen) atoms. The first-order valence-corrected chi connectivity index (χ1v) is 13.7. The third-order valence-electron chi connectivity index (χ3n) is 8.78. The average molecular weight is 501 g/mol. The highest BCUT2D eigenvalue weighted by Gasteiger charge is 2.51. The molecule has 0 saturated carbocycles. The summed E-state index contributed by atoms with van der Waals surface area (Å²) in [6.45, 7) is 0. The molecule has 0 radical (unpaired) electrons. The first-order valence-electron chi connectivity index (χ1n) is 13.7. The van der Waals surface area contributed by atoms with E-state index in [-0.39, 0.29) is 5.41 Å². The molecule has 3 aliphatic carbocycles. The van der Waals surface area contributed by atoms with Gasteiger partial charge in [0.15, 0.2) is 0 Å². The first-order chi connectivity index (χ1) is 19.3. The van der Waals surface area contributed by atoms with Crippen LogP contribution >= 0.6 is 0 Å². The Hall–Kier alpha value is -4.66. The Bertz CT molecular complexity index is 1780. The molecule has 8 rings (SSSR count). The van der Waals surface area contributed by atoms with Crippen molar-refractivity contribution in [3.05, 3.63) is 161 Å². The molecule has 2 nitrogen and oxygen atoms in total. The van der Waals surface area contributed by atoms with Gasteiger partial charge in [0.1, 0.15) is 0 Å². The lowest BCUT2D eigenvalue weighted by molar-refractivity contribution is 0.793. The highest BCUT2D eigenvalue weighted by molar-refractivity contribution is 5.96. The summed E-state index contributed by atoms with van der Waals surface area (Å²) in [5, 5.41) is 1.87. The highest BCUT2D eigenvalue weighted by atomic mass is 15.4. The van der Waals surface area contributed by atoms with E-state index in [0.717, 1.165) is 24.2 Å². The van der Waals surface area contributed by atoms with Crippen LogP contribution in [0.4, 0.5) is 11.4 Å². The Balaban J connectivity index is 1.37. The summed E-state index contributed by atoms with van der Waals surface area (Å²) in [4.78, 5) is 0. The van der Waals surface area contributed by atoms with Crippen molar-refractivity contribution >= 4 is 16.9 Å². The van der Waals surface area contributed by atoms with Crippen molar-refractivity contribution in [2.75, 3.05) is 5.01 Å². The second-order valence-electron chi connectivity index (χ2n) is 10.7. The molecule has 0 aromatic heterocycles. The van der Waals surface area contributed by atoms with Gasteiger partial charge in [-0.15, -0.1) is 0 Å². The molecule has 2 heteroatoms. The minimum Gasteiger partial charge on any atom is -0.279 e. The van der Waals surface area contributed by atoms with Gasteiger partial charge in [-0.25, -0.2) is 5.84 Å². The third kappa shape index (κ3) is 3.01. The fraction of sp³-hybridized carbons (Fsp3) is 0.0811. The summed E-state index contributed by atoms with van der Waals surface area (Å²) in [5.74, 6) is 6.99. The number of hydrogen-bond acceptors (Lipinski definition) is 2. The van der Waals surface area contributed by atoms with Crippen molar-refractivity contribution in [2.45, 2.75) is 18.3 Å². The summed E-state index contributed by atoms with van der Waals surface area (Å²) in [5.41, 5.74) is 14.7. The van der Waals surface area contributed by atoms with Crippen LogP contribution in [0.15, 0.2) is 133 Å². The van der Waals surface area contributed by atoms with Crippen LogP contribution in [0.25, 0.3) is 27.8 Å². The number of fused-ring (bicyclic) bond motifs is 10. The Morgan fingerprint density at radius 2 is 1.10 bits per heavy atom. The van der Waals surface area contributed by atoms with E-state index in [9.17, 15) is 0 Å². The molecule has 5 aromatic carbocycles. The summed E-state index contributed by atoms with van der Waals surface area (Å²) in [6.07, 6.45) is 8.68. The zero-order valence-corrected chi connectivity index (χ0v) is 21.6. The molecule has 186 valence electrons. The summed E-state index contributed by atoms with van der Waals surface area (Å²) >= 11 is 0. The van der Waals surface area contributed by atoms with E-state index in [1.165, 1.54) is 55.6 Å². The van der Waals surface area contributed by atoms with Crippen molar-refractivity contribution in [1.29, 1.82) is 0 Å². The number of rotatable bonds is 3. The first kappa shape index (κ1) is 22.3. The Morgan fingerprint density at radius 1 is 0.564 bits per heavy atom. The van der Waals surface area contributed by atoms with E-state index >= 15 is 0 Å². The fourth-order valence-corrected chi connectivity index (χ4v) is 7.15. The van der Waals surface area contributed by atoms with E-state index in [1.807, 2.05) is 5.01 Å². The zero-order chi connectivity index (χ0) is 26.0. The maximum Gasteiger partial charge on any atom is 0.0726 e. The van der Waals surface area contributed by atoms with E-state index in [0.29, 0.717) is 0 Å². The van der Waals surface area contributed by atoms with Crippen molar-refractivity contribution in [3.63, 3.8) is 0 Å². The predicted molar refractivity (Wildman–Crippen MR) is 162 cm³/mol. The minimum absolute atomic E-state index is 0.369. The van der Waals surface area contributed by atoms with Crippen LogP contribution < -0.4 is 10.9 Å². The number of hydrazine groups is 1. The van der Waals surface area contributed by atoms with Gasteiger partial charge in [0.05, 0.1) is 16.8 Å². The topological polar surface area (TPSA) is 29.3 Å². The van der Waals surface area contributed by atoms with E-state index in [2.05, 4.69) is 133 Å². The van der Waals surface area contributed by atoms with Crippen LogP contribution in [-0.2, 0) is 5.41 Å². The average Bonchev–Trinajstić information content (AvgIpc) is 3.48. The molecular formula is C37H28N2. The van der Waals surface area contributed by atoms with Crippen LogP contribution in [0.1, 0.15) is 40.7 Å². The second-order valence-corrected chi connectivity index (χ2v) is 10.7. The van der Waals surface area contributed by atoms with Gasteiger partial charge >= 0.3 is 0 Å². The highest BCUT2D eigenvalue weighted by Crippen LogP contribution is 2.63.